The summed E-state index contributed by atoms with van der Waals surface area (Å²) in [6, 6.07) is 0. The van der Waals surface area contributed by atoms with E-state index in [4.69, 9.17) is 4.74 Å². The molecule has 25 heavy (non-hydrogen) atoms. The summed E-state index contributed by atoms with van der Waals surface area (Å²) in [5, 5.41) is 31.7. The molecule has 0 fully saturated rings. The van der Waals surface area contributed by atoms with Crippen molar-refractivity contribution in [1.29, 1.82) is 0 Å². The number of rotatable bonds is 1. The lowest BCUT2D eigenvalue weighted by molar-refractivity contribution is -0.139. The molecule has 1 heterocycles. The lowest BCUT2D eigenvalue weighted by Crippen LogP contribution is -2.34. The lowest BCUT2D eigenvalue weighted by atomic mass is 9.82. The van der Waals surface area contributed by atoms with Gasteiger partial charge in [-0.1, -0.05) is 32.6 Å². The first kappa shape index (κ1) is 19.9. The molecule has 1 aliphatic heterocycles. The minimum atomic E-state index is -1.14. The van der Waals surface area contributed by atoms with E-state index in [1.165, 1.54) is 0 Å². The minimum Gasteiger partial charge on any atom is -0.454 e. The first-order chi connectivity index (χ1) is 11.5. The molecule has 0 saturated carbocycles. The molecule has 3 N–H and O–H groups in total. The van der Waals surface area contributed by atoms with Crippen LogP contribution in [-0.2, 0) is 9.53 Å². The summed E-state index contributed by atoms with van der Waals surface area (Å²) in [5.74, 6) is -0.448. The number of esters is 1. The highest BCUT2D eigenvalue weighted by atomic mass is 16.5. The molecule has 0 radical (unpaired) electrons. The summed E-state index contributed by atoms with van der Waals surface area (Å²) in [6.45, 7) is 9.35. The Morgan fingerprint density at radius 2 is 1.96 bits per heavy atom. The summed E-state index contributed by atoms with van der Waals surface area (Å²) in [4.78, 5) is 12.0. The Labute approximate surface area is 149 Å². The molecule has 1 aliphatic carbocycles. The molecular weight excluding hydrogens is 320 g/mol. The van der Waals surface area contributed by atoms with Crippen LogP contribution in [0.1, 0.15) is 52.9 Å². The van der Waals surface area contributed by atoms with Gasteiger partial charge in [0.25, 0.3) is 0 Å². The molecule has 140 valence electrons. The largest absolute Gasteiger partial charge is 0.454 e. The maximum Gasteiger partial charge on any atom is 0.334 e. The topological polar surface area (TPSA) is 87.0 Å². The first-order valence-electron chi connectivity index (χ1n) is 8.95. The smallest absolute Gasteiger partial charge is 0.334 e. The van der Waals surface area contributed by atoms with Gasteiger partial charge in [0.05, 0.1) is 17.3 Å². The van der Waals surface area contributed by atoms with Crippen molar-refractivity contribution in [2.75, 3.05) is 0 Å². The van der Waals surface area contributed by atoms with Gasteiger partial charge in [0.2, 0.25) is 0 Å². The predicted octanol–water partition coefficient (Wildman–Crippen LogP) is 2.41. The van der Waals surface area contributed by atoms with E-state index in [2.05, 4.69) is 6.58 Å². The molecule has 0 aromatic carbocycles. The van der Waals surface area contributed by atoms with Crippen LogP contribution in [0.4, 0.5) is 0 Å². The molecule has 0 aromatic heterocycles. The average molecular weight is 350 g/mol. The van der Waals surface area contributed by atoms with E-state index in [0.717, 1.165) is 0 Å². The van der Waals surface area contributed by atoms with Crippen LogP contribution in [0.25, 0.3) is 0 Å². The molecule has 4 atom stereocenters. The number of aliphatic hydroxyl groups excluding tert-OH is 1. The number of hydrogen-bond donors (Lipinski definition) is 3. The fourth-order valence-corrected chi connectivity index (χ4v) is 3.16. The summed E-state index contributed by atoms with van der Waals surface area (Å²) in [7, 11) is 0. The van der Waals surface area contributed by atoms with Gasteiger partial charge in [0.1, 0.15) is 6.10 Å². The number of hydrogen-bond acceptors (Lipinski definition) is 5. The third-order valence-electron chi connectivity index (χ3n) is 5.29. The van der Waals surface area contributed by atoms with Gasteiger partial charge in [-0.3, -0.25) is 0 Å². The highest BCUT2D eigenvalue weighted by Crippen LogP contribution is 2.32. The summed E-state index contributed by atoms with van der Waals surface area (Å²) >= 11 is 0. The van der Waals surface area contributed by atoms with E-state index in [9.17, 15) is 20.1 Å². The van der Waals surface area contributed by atoms with E-state index in [-0.39, 0.29) is 11.9 Å². The monoisotopic (exact) mass is 350 g/mol. The van der Waals surface area contributed by atoms with E-state index < -0.39 is 23.4 Å². The third kappa shape index (κ3) is 5.03. The second-order valence-electron chi connectivity index (χ2n) is 7.89. The summed E-state index contributed by atoms with van der Waals surface area (Å²) in [5.41, 5.74) is -1.14. The highest BCUT2D eigenvalue weighted by Gasteiger charge is 2.33. The molecule has 2 rings (SSSR count). The molecule has 2 bridgehead atoms. The Bertz CT molecular complexity index is 587. The molecule has 5 nitrogen and oxygen atoms in total. The van der Waals surface area contributed by atoms with Crippen molar-refractivity contribution in [3.05, 3.63) is 36.0 Å². The number of ether oxygens (including phenoxy) is 1. The fourth-order valence-electron chi connectivity index (χ4n) is 3.16. The van der Waals surface area contributed by atoms with Gasteiger partial charge in [-0.05, 0) is 50.2 Å². The molecular formula is C20H30O5. The molecule has 0 aromatic rings. The molecule has 5 heteroatoms. The van der Waals surface area contributed by atoms with E-state index >= 15 is 0 Å². The van der Waals surface area contributed by atoms with Crippen LogP contribution in [0.3, 0.4) is 0 Å². The normalized spacial score (nSPS) is 38.9. The maximum atomic E-state index is 12.0. The Balaban J connectivity index is 2.30. The molecule has 0 spiro atoms. The molecule has 0 unspecified atom stereocenters. The van der Waals surface area contributed by atoms with Gasteiger partial charge in [0, 0.05) is 12.0 Å². The SMILES string of the molecule is C=C1C[C@H]2C=C(CC[C@](O)(C(C)C)/C=C\[C@@](C)(O)CC[C@@H]1O)C(=O)O2. The average Bonchev–Trinajstić information content (AvgIpc) is 2.87. The molecule has 0 amide bonds. The lowest BCUT2D eigenvalue weighted by Gasteiger charge is -2.31. The minimum absolute atomic E-state index is 0.0772. The van der Waals surface area contributed by atoms with Crippen molar-refractivity contribution in [2.45, 2.75) is 76.3 Å². The third-order valence-corrected chi connectivity index (χ3v) is 5.29. The zero-order valence-electron chi connectivity index (χ0n) is 15.4. The summed E-state index contributed by atoms with van der Waals surface area (Å²) in [6.07, 6.45) is 5.60. The molecule has 2 aliphatic rings. The van der Waals surface area contributed by atoms with Gasteiger partial charge >= 0.3 is 5.97 Å². The van der Waals surface area contributed by atoms with Crippen LogP contribution in [0.5, 0.6) is 0 Å². The van der Waals surface area contributed by atoms with Crippen molar-refractivity contribution in [3.63, 3.8) is 0 Å². The second-order valence-corrected chi connectivity index (χ2v) is 7.89. The summed E-state index contributed by atoms with van der Waals surface area (Å²) < 4.78 is 5.34. The van der Waals surface area contributed by atoms with Gasteiger partial charge in [-0.25, -0.2) is 4.79 Å². The van der Waals surface area contributed by atoms with Crippen molar-refractivity contribution >= 4 is 5.97 Å². The van der Waals surface area contributed by atoms with Gasteiger partial charge in [-0.2, -0.15) is 0 Å². The van der Waals surface area contributed by atoms with E-state index in [1.54, 1.807) is 25.2 Å². The zero-order chi connectivity index (χ0) is 18.8. The Kier molecular flexibility index (Phi) is 5.92. The number of fused-ring (bicyclic) bond motifs is 1. The number of aliphatic hydroxyl groups is 3. The standard InChI is InChI=1S/C20H30O5/c1-13(2)20(24)8-5-15-12-16(25-18(15)22)11-14(3)17(21)6-7-19(4,23)9-10-20/h9-10,12-13,16-17,21,23-24H,3,5-8,11H2,1-2,4H3/b10-9-/t16-,17-,19-,20+/m0/s1. The van der Waals surface area contributed by atoms with E-state index in [0.29, 0.717) is 43.3 Å². The van der Waals surface area contributed by atoms with Crippen LogP contribution >= 0.6 is 0 Å². The van der Waals surface area contributed by atoms with Crippen LogP contribution in [0.15, 0.2) is 36.0 Å². The van der Waals surface area contributed by atoms with Crippen LogP contribution in [-0.4, -0.2) is 44.7 Å². The van der Waals surface area contributed by atoms with Crippen molar-refractivity contribution in [3.8, 4) is 0 Å². The highest BCUT2D eigenvalue weighted by molar-refractivity contribution is 5.90. The van der Waals surface area contributed by atoms with E-state index in [1.807, 2.05) is 13.8 Å². The maximum absolute atomic E-state index is 12.0. The van der Waals surface area contributed by atoms with Crippen molar-refractivity contribution < 1.29 is 24.9 Å². The van der Waals surface area contributed by atoms with Gasteiger partial charge < -0.3 is 20.1 Å². The molecule has 0 saturated heterocycles. The Morgan fingerprint density at radius 3 is 2.60 bits per heavy atom. The first-order valence-corrected chi connectivity index (χ1v) is 8.95. The second kappa shape index (κ2) is 7.44. The van der Waals surface area contributed by atoms with Crippen molar-refractivity contribution in [2.24, 2.45) is 5.92 Å². The Morgan fingerprint density at radius 1 is 1.28 bits per heavy atom. The van der Waals surface area contributed by atoms with Crippen LogP contribution in [0.2, 0.25) is 0 Å². The zero-order valence-corrected chi connectivity index (χ0v) is 15.4. The Hall–Kier alpha value is -1.43. The predicted molar refractivity (Wildman–Crippen MR) is 95.7 cm³/mol. The number of carbonyl (C=O) groups is 1. The van der Waals surface area contributed by atoms with Gasteiger partial charge in [0.15, 0.2) is 0 Å². The fraction of sp³-hybridized carbons (Fsp3) is 0.650. The van der Waals surface area contributed by atoms with Crippen LogP contribution in [0, 0.1) is 5.92 Å². The van der Waals surface area contributed by atoms with Crippen LogP contribution < -0.4 is 0 Å². The quantitative estimate of drug-likeness (QED) is 0.499. The number of carbonyl (C=O) groups excluding carboxylic acids is 1. The van der Waals surface area contributed by atoms with Gasteiger partial charge in [-0.15, -0.1) is 0 Å². The van der Waals surface area contributed by atoms with Crippen molar-refractivity contribution in [1.82, 2.24) is 0 Å².